The van der Waals surface area contributed by atoms with Crippen LogP contribution in [-0.2, 0) is 4.74 Å². The number of hydrogen-bond donors (Lipinski definition) is 9. The summed E-state index contributed by atoms with van der Waals surface area (Å²) in [5, 5.41) is 76.4. The van der Waals surface area contributed by atoms with Crippen LogP contribution in [0.2, 0.25) is 0 Å². The molecule has 0 aliphatic heterocycles. The molecule has 0 fully saturated rings. The summed E-state index contributed by atoms with van der Waals surface area (Å²) in [6.07, 6.45) is -3.27. The van der Waals surface area contributed by atoms with Crippen molar-refractivity contribution in [3.05, 3.63) is 11.5 Å². The van der Waals surface area contributed by atoms with E-state index in [0.717, 1.165) is 0 Å². The normalized spacial score (nSPS) is 16.1. The predicted molar refractivity (Wildman–Crippen MR) is 78.6 cm³/mol. The van der Waals surface area contributed by atoms with Crippen molar-refractivity contribution in [2.24, 2.45) is 0 Å². The van der Waals surface area contributed by atoms with Crippen LogP contribution in [0.25, 0.3) is 0 Å². The third kappa shape index (κ3) is 7.42. The van der Waals surface area contributed by atoms with E-state index < -0.39 is 55.9 Å². The Bertz CT molecular complexity index is 338. The van der Waals surface area contributed by atoms with E-state index >= 15 is 0 Å². The average Bonchev–Trinajstić information content (AvgIpc) is 2.57. The molecule has 0 spiro atoms. The molecule has 138 valence electrons. The average molecular weight is 341 g/mol. The van der Waals surface area contributed by atoms with Gasteiger partial charge in [0, 0.05) is 13.0 Å². The van der Waals surface area contributed by atoms with E-state index in [-0.39, 0.29) is 19.6 Å². The Balaban J connectivity index is 4.20. The van der Waals surface area contributed by atoms with Crippen LogP contribution >= 0.6 is 0 Å². The molecule has 0 unspecified atom stereocenters. The van der Waals surface area contributed by atoms with Gasteiger partial charge >= 0.3 is 0 Å². The fourth-order valence-corrected chi connectivity index (χ4v) is 1.57. The highest BCUT2D eigenvalue weighted by Crippen LogP contribution is 2.11. The number of aliphatic hydroxyl groups excluding tert-OH is 8. The molecule has 0 aromatic carbocycles. The number of aliphatic hydroxyl groups is 8. The van der Waals surface area contributed by atoms with E-state index in [1.54, 1.807) is 0 Å². The van der Waals surface area contributed by atoms with Crippen molar-refractivity contribution in [1.29, 1.82) is 0 Å². The van der Waals surface area contributed by atoms with Crippen molar-refractivity contribution in [1.82, 2.24) is 5.32 Å². The van der Waals surface area contributed by atoms with E-state index in [4.69, 9.17) is 25.2 Å². The van der Waals surface area contributed by atoms with Crippen LogP contribution in [0.3, 0.4) is 0 Å². The maximum atomic E-state index is 9.50. The molecule has 0 amide bonds. The molecule has 0 saturated carbocycles. The first-order valence-corrected chi connectivity index (χ1v) is 7.15. The summed E-state index contributed by atoms with van der Waals surface area (Å²) in [6.45, 7) is -1.64. The molecule has 10 nitrogen and oxygen atoms in total. The standard InChI is InChI=1S/C13H27NO9/c15-4-2-9(19)10(20)11(21)12(22)23-5-1-3-14-13(6-16,7-17)8-18/h9,12,14-22H,1-8H2/b11-10+/t9-,12+/m1/s1. The predicted octanol–water partition coefficient (Wildman–Crippen LogP) is -2.91. The summed E-state index contributed by atoms with van der Waals surface area (Å²) < 4.78 is 4.86. The molecule has 0 bridgehead atoms. The van der Waals surface area contributed by atoms with Crippen LogP contribution < -0.4 is 5.32 Å². The first kappa shape index (κ1) is 22.0. The SMILES string of the molecule is OCC[C@@H](O)/C(O)=C(\O)[C@@H](O)OCCCNC(CO)(CO)CO. The summed E-state index contributed by atoms with van der Waals surface area (Å²) in [5.74, 6) is -1.83. The molecule has 0 radical (unpaired) electrons. The van der Waals surface area contributed by atoms with Crippen LogP contribution in [0.1, 0.15) is 12.8 Å². The first-order chi connectivity index (χ1) is 10.9. The van der Waals surface area contributed by atoms with Crippen molar-refractivity contribution in [3.63, 3.8) is 0 Å². The molecule has 0 heterocycles. The number of hydrogen-bond acceptors (Lipinski definition) is 10. The first-order valence-electron chi connectivity index (χ1n) is 7.15. The van der Waals surface area contributed by atoms with Crippen LogP contribution in [0.4, 0.5) is 0 Å². The molecule has 0 saturated heterocycles. The van der Waals surface area contributed by atoms with Gasteiger partial charge in [-0.3, -0.25) is 0 Å². The van der Waals surface area contributed by atoms with Crippen molar-refractivity contribution in [3.8, 4) is 0 Å². The van der Waals surface area contributed by atoms with Crippen molar-refractivity contribution in [2.45, 2.75) is 30.8 Å². The van der Waals surface area contributed by atoms with Gasteiger partial charge in [0.2, 0.25) is 6.29 Å². The Labute approximate surface area is 133 Å². The van der Waals surface area contributed by atoms with Crippen LogP contribution in [0, 0.1) is 0 Å². The topological polar surface area (TPSA) is 183 Å². The quantitative estimate of drug-likeness (QED) is 0.0955. The summed E-state index contributed by atoms with van der Waals surface area (Å²) in [7, 11) is 0. The van der Waals surface area contributed by atoms with E-state index in [1.165, 1.54) is 0 Å². The minimum absolute atomic E-state index is 0.0556. The van der Waals surface area contributed by atoms with Crippen LogP contribution in [-0.4, -0.2) is 98.4 Å². The van der Waals surface area contributed by atoms with Gasteiger partial charge in [-0.05, 0) is 13.0 Å². The van der Waals surface area contributed by atoms with Crippen molar-refractivity contribution in [2.75, 3.05) is 39.6 Å². The van der Waals surface area contributed by atoms with Gasteiger partial charge in [-0.1, -0.05) is 0 Å². The van der Waals surface area contributed by atoms with E-state index in [2.05, 4.69) is 5.32 Å². The monoisotopic (exact) mass is 341 g/mol. The van der Waals surface area contributed by atoms with Gasteiger partial charge in [-0.15, -0.1) is 0 Å². The lowest BCUT2D eigenvalue weighted by atomic mass is 10.0. The zero-order valence-electron chi connectivity index (χ0n) is 12.8. The van der Waals surface area contributed by atoms with Gasteiger partial charge in [-0.2, -0.15) is 0 Å². The largest absolute Gasteiger partial charge is 0.506 e. The second-order valence-electron chi connectivity index (χ2n) is 5.06. The molecule has 23 heavy (non-hydrogen) atoms. The number of rotatable bonds is 13. The summed E-state index contributed by atoms with van der Waals surface area (Å²) in [6, 6.07) is 0. The van der Waals surface area contributed by atoms with Gasteiger partial charge < -0.3 is 50.9 Å². The Hall–Kier alpha value is -0.980. The molecule has 10 heteroatoms. The van der Waals surface area contributed by atoms with Crippen molar-refractivity contribution < 1.29 is 45.6 Å². The second kappa shape index (κ2) is 11.5. The Kier molecular flexibility index (Phi) is 11.0. The third-order valence-corrected chi connectivity index (χ3v) is 3.22. The van der Waals surface area contributed by atoms with Gasteiger partial charge in [-0.25, -0.2) is 0 Å². The van der Waals surface area contributed by atoms with Crippen molar-refractivity contribution >= 4 is 0 Å². The van der Waals surface area contributed by atoms with Crippen LogP contribution in [0.5, 0.6) is 0 Å². The zero-order chi connectivity index (χ0) is 17.9. The van der Waals surface area contributed by atoms with E-state index in [0.29, 0.717) is 6.42 Å². The Morgan fingerprint density at radius 1 is 0.957 bits per heavy atom. The smallest absolute Gasteiger partial charge is 0.217 e. The van der Waals surface area contributed by atoms with E-state index in [1.807, 2.05) is 0 Å². The maximum Gasteiger partial charge on any atom is 0.217 e. The highest BCUT2D eigenvalue weighted by atomic mass is 16.6. The van der Waals surface area contributed by atoms with Gasteiger partial charge in [0.1, 0.15) is 6.10 Å². The minimum Gasteiger partial charge on any atom is -0.506 e. The highest BCUT2D eigenvalue weighted by Gasteiger charge is 2.27. The Morgan fingerprint density at radius 2 is 1.52 bits per heavy atom. The van der Waals surface area contributed by atoms with Gasteiger partial charge in [0.25, 0.3) is 0 Å². The lowest BCUT2D eigenvalue weighted by Gasteiger charge is -2.28. The van der Waals surface area contributed by atoms with E-state index in [9.17, 15) is 20.4 Å². The third-order valence-electron chi connectivity index (χ3n) is 3.22. The summed E-state index contributed by atoms with van der Waals surface area (Å²) >= 11 is 0. The molecular formula is C13H27NO9. The molecule has 2 atom stereocenters. The zero-order valence-corrected chi connectivity index (χ0v) is 12.8. The second-order valence-corrected chi connectivity index (χ2v) is 5.06. The lowest BCUT2D eigenvalue weighted by Crippen LogP contribution is -2.55. The molecular weight excluding hydrogens is 314 g/mol. The Morgan fingerprint density at radius 3 is 2.00 bits per heavy atom. The van der Waals surface area contributed by atoms with Gasteiger partial charge in [0.05, 0.1) is 32.0 Å². The fraction of sp³-hybridized carbons (Fsp3) is 0.846. The van der Waals surface area contributed by atoms with Crippen LogP contribution in [0.15, 0.2) is 11.5 Å². The lowest BCUT2D eigenvalue weighted by molar-refractivity contribution is -0.0999. The maximum absolute atomic E-state index is 9.50. The summed E-state index contributed by atoms with van der Waals surface area (Å²) in [4.78, 5) is 0. The number of nitrogens with one attached hydrogen (secondary N) is 1. The molecule has 9 N–H and O–H groups in total. The fourth-order valence-electron chi connectivity index (χ4n) is 1.57. The summed E-state index contributed by atoms with van der Waals surface area (Å²) in [5.41, 5.74) is -1.21. The highest BCUT2D eigenvalue weighted by molar-refractivity contribution is 5.05. The number of ether oxygens (including phenoxy) is 1. The molecule has 0 aromatic rings. The van der Waals surface area contributed by atoms with Gasteiger partial charge in [0.15, 0.2) is 11.5 Å². The molecule has 0 aromatic heterocycles. The molecule has 0 aliphatic carbocycles. The minimum atomic E-state index is -1.85. The molecule has 0 rings (SSSR count). The molecule has 0 aliphatic rings.